The van der Waals surface area contributed by atoms with Crippen molar-refractivity contribution < 1.29 is 22.0 Å². The number of halogens is 5. The zero-order chi connectivity index (χ0) is 15.9. The number of nitrogens with one attached hydrogen (secondary N) is 1. The molecule has 0 bridgehead atoms. The molecule has 0 spiro atoms. The zero-order valence-corrected chi connectivity index (χ0v) is 11.3. The highest BCUT2D eigenvalue weighted by Gasteiger charge is 2.61. The second kappa shape index (κ2) is 5.08. The molecule has 1 aromatic heterocycles. The molecule has 1 aliphatic rings. The molecule has 0 aliphatic carbocycles. The van der Waals surface area contributed by atoms with E-state index in [-0.39, 0.29) is 11.4 Å². The monoisotopic (exact) mass is 313 g/mol. The van der Waals surface area contributed by atoms with Crippen LogP contribution in [-0.2, 0) is 5.92 Å². The third kappa shape index (κ3) is 2.94. The van der Waals surface area contributed by atoms with E-state index in [1.54, 1.807) is 10.00 Å². The summed E-state index contributed by atoms with van der Waals surface area (Å²) in [5, 5.41) is 5.18. The first-order valence-corrected chi connectivity index (χ1v) is 6.41. The number of hydrogen-bond acceptors (Lipinski definition) is 4. The third-order valence-corrected chi connectivity index (χ3v) is 3.68. The summed E-state index contributed by atoms with van der Waals surface area (Å²) in [6.45, 7) is 3.22. The van der Waals surface area contributed by atoms with Crippen molar-refractivity contribution in [3.63, 3.8) is 0 Å². The van der Waals surface area contributed by atoms with E-state index in [1.807, 2.05) is 6.92 Å². The summed E-state index contributed by atoms with van der Waals surface area (Å²) in [5.74, 6) is -6.70. The molecule has 1 unspecified atom stereocenters. The molecular weight excluding hydrogens is 297 g/mol. The molecule has 5 nitrogen and oxygen atoms in total. The van der Waals surface area contributed by atoms with Gasteiger partial charge >= 0.3 is 12.1 Å². The lowest BCUT2D eigenvalue weighted by molar-refractivity contribution is -0.292. The van der Waals surface area contributed by atoms with Crippen molar-refractivity contribution in [1.82, 2.24) is 15.2 Å². The quantitative estimate of drug-likeness (QED) is 0.838. The molecule has 120 valence electrons. The van der Waals surface area contributed by atoms with Crippen LogP contribution < -0.4 is 10.6 Å². The van der Waals surface area contributed by atoms with Crippen LogP contribution in [0.3, 0.4) is 0 Å². The molecule has 1 aliphatic heterocycles. The van der Waals surface area contributed by atoms with Gasteiger partial charge in [-0.15, -0.1) is 5.10 Å². The van der Waals surface area contributed by atoms with Crippen LogP contribution in [0.5, 0.6) is 0 Å². The van der Waals surface area contributed by atoms with Crippen LogP contribution in [-0.4, -0.2) is 41.0 Å². The van der Waals surface area contributed by atoms with Crippen molar-refractivity contribution in [3.8, 4) is 0 Å². The highest BCUT2D eigenvalue weighted by molar-refractivity contribution is 5.31. The van der Waals surface area contributed by atoms with Crippen LogP contribution in [0.25, 0.3) is 0 Å². The standard InChI is InChI=1S/C11H16F5N5/c1-9(5-17)3-2-4-21(6-9)8-18-7(19-20-8)10(12,13)11(14,15)16/h2-6,17H2,1H3,(H,18,19,20). The van der Waals surface area contributed by atoms with Crippen molar-refractivity contribution >= 4 is 5.95 Å². The smallest absolute Gasteiger partial charge is 0.339 e. The Hall–Kier alpha value is -1.45. The van der Waals surface area contributed by atoms with Gasteiger partial charge in [0.2, 0.25) is 11.8 Å². The Morgan fingerprint density at radius 2 is 2.00 bits per heavy atom. The van der Waals surface area contributed by atoms with Crippen LogP contribution >= 0.6 is 0 Å². The van der Waals surface area contributed by atoms with E-state index in [4.69, 9.17) is 5.73 Å². The lowest BCUT2D eigenvalue weighted by Gasteiger charge is -2.39. The molecule has 21 heavy (non-hydrogen) atoms. The number of rotatable bonds is 3. The van der Waals surface area contributed by atoms with Crippen LogP contribution in [0.15, 0.2) is 0 Å². The number of H-pyrrole nitrogens is 1. The molecule has 1 atom stereocenters. The minimum Gasteiger partial charge on any atom is -0.339 e. The Morgan fingerprint density at radius 3 is 2.57 bits per heavy atom. The normalized spacial score (nSPS) is 24.4. The minimum absolute atomic E-state index is 0.159. The molecular formula is C11H16F5N5. The van der Waals surface area contributed by atoms with Gasteiger partial charge in [0.1, 0.15) is 0 Å². The summed E-state index contributed by atoms with van der Waals surface area (Å²) in [4.78, 5) is 4.89. The molecule has 10 heteroatoms. The summed E-state index contributed by atoms with van der Waals surface area (Å²) >= 11 is 0. The van der Waals surface area contributed by atoms with E-state index >= 15 is 0 Å². The molecule has 3 N–H and O–H groups in total. The van der Waals surface area contributed by atoms with Gasteiger partial charge in [-0.2, -0.15) is 26.9 Å². The molecule has 1 fully saturated rings. The second-order valence-corrected chi connectivity index (χ2v) is 5.60. The number of anilines is 1. The summed E-state index contributed by atoms with van der Waals surface area (Å²) in [6, 6.07) is 0. The van der Waals surface area contributed by atoms with Gasteiger partial charge in [-0.25, -0.2) is 0 Å². The summed E-state index contributed by atoms with van der Waals surface area (Å²) in [6.07, 6.45) is -4.11. The zero-order valence-electron chi connectivity index (χ0n) is 11.3. The Kier molecular flexibility index (Phi) is 3.85. The van der Waals surface area contributed by atoms with Crippen molar-refractivity contribution in [2.45, 2.75) is 31.9 Å². The highest BCUT2D eigenvalue weighted by atomic mass is 19.4. The van der Waals surface area contributed by atoms with Gasteiger partial charge in [0.05, 0.1) is 0 Å². The number of piperidine rings is 1. The van der Waals surface area contributed by atoms with Crippen LogP contribution in [0.4, 0.5) is 27.9 Å². The Morgan fingerprint density at radius 1 is 1.33 bits per heavy atom. The molecule has 0 saturated carbocycles. The summed E-state index contributed by atoms with van der Waals surface area (Å²) in [7, 11) is 0. The van der Waals surface area contributed by atoms with E-state index in [2.05, 4.69) is 10.1 Å². The van der Waals surface area contributed by atoms with E-state index in [0.717, 1.165) is 12.8 Å². The number of hydrogen-bond donors (Lipinski definition) is 2. The van der Waals surface area contributed by atoms with E-state index in [0.29, 0.717) is 19.6 Å². The van der Waals surface area contributed by atoms with Crippen molar-refractivity contribution in [2.75, 3.05) is 24.5 Å². The van der Waals surface area contributed by atoms with E-state index < -0.39 is 17.9 Å². The fourth-order valence-electron chi connectivity index (χ4n) is 2.32. The Bertz CT molecular complexity index is 499. The molecule has 2 rings (SSSR count). The van der Waals surface area contributed by atoms with E-state index in [9.17, 15) is 22.0 Å². The largest absolute Gasteiger partial charge is 0.461 e. The second-order valence-electron chi connectivity index (χ2n) is 5.60. The average Bonchev–Trinajstić information content (AvgIpc) is 2.87. The maximum atomic E-state index is 13.2. The number of aromatic nitrogens is 3. The molecule has 2 heterocycles. The fraction of sp³-hybridized carbons (Fsp3) is 0.818. The minimum atomic E-state index is -5.71. The van der Waals surface area contributed by atoms with Gasteiger partial charge in [0.25, 0.3) is 0 Å². The van der Waals surface area contributed by atoms with Crippen LogP contribution in [0, 0.1) is 5.41 Å². The highest BCUT2D eigenvalue weighted by Crippen LogP contribution is 2.42. The lowest BCUT2D eigenvalue weighted by atomic mass is 9.82. The van der Waals surface area contributed by atoms with Crippen molar-refractivity contribution in [1.29, 1.82) is 0 Å². The molecule has 1 saturated heterocycles. The predicted octanol–water partition coefficient (Wildman–Crippen LogP) is 2.02. The number of aromatic amines is 1. The first kappa shape index (κ1) is 15.9. The van der Waals surface area contributed by atoms with Crippen molar-refractivity contribution in [3.05, 3.63) is 5.82 Å². The van der Waals surface area contributed by atoms with Crippen molar-refractivity contribution in [2.24, 2.45) is 11.1 Å². The molecule has 0 amide bonds. The molecule has 1 aromatic rings. The summed E-state index contributed by atoms with van der Waals surface area (Å²) in [5.41, 5.74) is 5.43. The van der Waals surface area contributed by atoms with Crippen LogP contribution in [0.2, 0.25) is 0 Å². The van der Waals surface area contributed by atoms with Gasteiger partial charge in [0.15, 0.2) is 0 Å². The van der Waals surface area contributed by atoms with E-state index in [1.165, 1.54) is 0 Å². The maximum absolute atomic E-state index is 13.2. The first-order valence-electron chi connectivity index (χ1n) is 6.41. The predicted molar refractivity (Wildman–Crippen MR) is 64.9 cm³/mol. The van der Waals surface area contributed by atoms with Crippen LogP contribution in [0.1, 0.15) is 25.6 Å². The van der Waals surface area contributed by atoms with Gasteiger partial charge < -0.3 is 10.6 Å². The van der Waals surface area contributed by atoms with Gasteiger partial charge in [-0.3, -0.25) is 5.10 Å². The topological polar surface area (TPSA) is 70.8 Å². The Labute approximate surface area is 117 Å². The third-order valence-electron chi connectivity index (χ3n) is 3.68. The fourth-order valence-corrected chi connectivity index (χ4v) is 2.32. The number of alkyl halides is 5. The molecule has 0 radical (unpaired) electrons. The number of nitrogens with zero attached hydrogens (tertiary/aromatic N) is 3. The first-order chi connectivity index (χ1) is 9.59. The van der Waals surface area contributed by atoms with Gasteiger partial charge in [-0.1, -0.05) is 6.92 Å². The van der Waals surface area contributed by atoms with Gasteiger partial charge in [0, 0.05) is 13.1 Å². The summed E-state index contributed by atoms with van der Waals surface area (Å²) < 4.78 is 63.2. The SMILES string of the molecule is CC1(CN)CCCN(c2n[nH]c(C(F)(F)C(F)(F)F)n2)C1. The Balaban J connectivity index is 2.21. The van der Waals surface area contributed by atoms with Gasteiger partial charge in [-0.05, 0) is 24.8 Å². The lowest BCUT2D eigenvalue weighted by Crippen LogP contribution is -2.46. The molecule has 0 aromatic carbocycles. The number of nitrogens with two attached hydrogens (primary N) is 1. The average molecular weight is 313 g/mol. The maximum Gasteiger partial charge on any atom is 0.461 e.